The van der Waals surface area contributed by atoms with E-state index < -0.39 is 11.8 Å². The average Bonchev–Trinajstić information content (AvgIpc) is 2.38. The molecule has 0 spiro atoms. The molecule has 4 N–H and O–H groups in total. The van der Waals surface area contributed by atoms with Crippen LogP contribution in [0.4, 0.5) is 0 Å². The Balaban J connectivity index is 2.80. The van der Waals surface area contributed by atoms with Crippen LogP contribution in [-0.4, -0.2) is 25.5 Å². The molecule has 5 nitrogen and oxygen atoms in total. The van der Waals surface area contributed by atoms with E-state index in [0.29, 0.717) is 11.5 Å². The third-order valence-corrected chi connectivity index (χ3v) is 3.09. The Bertz CT molecular complexity index is 354. The summed E-state index contributed by atoms with van der Waals surface area (Å²) >= 11 is 1.49. The van der Waals surface area contributed by atoms with Gasteiger partial charge in [-0.05, 0) is 17.9 Å². The Morgan fingerprint density at radius 2 is 1.67 bits per heavy atom. The number of rotatable bonds is 7. The third-order valence-electron chi connectivity index (χ3n) is 2.31. The monoisotopic (exact) mass is 272 g/mol. The zero-order valence-electron chi connectivity index (χ0n) is 10.9. The summed E-state index contributed by atoms with van der Waals surface area (Å²) < 4.78 is 15.8. The highest BCUT2D eigenvalue weighted by Crippen LogP contribution is 2.27. The Labute approximate surface area is 112 Å². The van der Waals surface area contributed by atoms with Crippen LogP contribution in [0, 0.1) is 0 Å². The van der Waals surface area contributed by atoms with Crippen molar-refractivity contribution < 1.29 is 14.2 Å². The molecule has 0 aliphatic heterocycles. The molecule has 2 unspecified atom stereocenters. The second-order valence-corrected chi connectivity index (χ2v) is 4.90. The molecule has 1 aromatic carbocycles. The summed E-state index contributed by atoms with van der Waals surface area (Å²) in [7, 11) is 3.17. The molecule has 0 saturated carbocycles. The molecular weight excluding hydrogens is 252 g/mol. The number of thioether (sulfide) groups is 1. The van der Waals surface area contributed by atoms with Crippen LogP contribution in [0.2, 0.25) is 0 Å². The molecule has 0 aromatic heterocycles. The van der Waals surface area contributed by atoms with E-state index in [9.17, 15) is 0 Å². The van der Waals surface area contributed by atoms with Gasteiger partial charge in [0, 0.05) is 11.6 Å². The Morgan fingerprint density at radius 1 is 1.11 bits per heavy atom. The first kappa shape index (κ1) is 15.1. The largest absolute Gasteiger partial charge is 0.497 e. The van der Waals surface area contributed by atoms with Gasteiger partial charge in [0.25, 0.3) is 0 Å². The smallest absolute Gasteiger partial charge is 0.156 e. The van der Waals surface area contributed by atoms with Gasteiger partial charge in [0.2, 0.25) is 0 Å². The van der Waals surface area contributed by atoms with Crippen LogP contribution in [0.5, 0.6) is 11.5 Å². The van der Waals surface area contributed by atoms with Gasteiger partial charge in [-0.15, -0.1) is 11.8 Å². The normalized spacial score (nSPS) is 14.1. The highest BCUT2D eigenvalue weighted by molar-refractivity contribution is 7.99. The topological polar surface area (TPSA) is 79.7 Å². The molecule has 0 aliphatic rings. The van der Waals surface area contributed by atoms with E-state index in [2.05, 4.69) is 0 Å². The van der Waals surface area contributed by atoms with Gasteiger partial charge in [-0.2, -0.15) is 0 Å². The van der Waals surface area contributed by atoms with E-state index in [-0.39, 0.29) is 0 Å². The summed E-state index contributed by atoms with van der Waals surface area (Å²) in [6, 6.07) is 5.38. The number of hydrogen-bond donors (Lipinski definition) is 2. The first-order valence-electron chi connectivity index (χ1n) is 5.62. The molecule has 18 heavy (non-hydrogen) atoms. The van der Waals surface area contributed by atoms with Crippen LogP contribution in [0.15, 0.2) is 18.2 Å². The van der Waals surface area contributed by atoms with Gasteiger partial charge in [-0.1, -0.05) is 6.92 Å². The van der Waals surface area contributed by atoms with Gasteiger partial charge in [-0.3, -0.25) is 5.73 Å². The first-order valence-corrected chi connectivity index (χ1v) is 6.66. The molecule has 2 atom stereocenters. The zero-order valence-corrected chi connectivity index (χ0v) is 11.7. The number of hydrogen-bond acceptors (Lipinski definition) is 6. The second-order valence-electron chi connectivity index (χ2n) is 3.53. The Hall–Kier alpha value is -0.950. The molecule has 0 radical (unpaired) electrons. The predicted molar refractivity (Wildman–Crippen MR) is 73.7 cm³/mol. The lowest BCUT2D eigenvalue weighted by Gasteiger charge is -2.19. The lowest BCUT2D eigenvalue weighted by atomic mass is 10.2. The van der Waals surface area contributed by atoms with Crippen LogP contribution < -0.4 is 20.9 Å². The SMILES string of the molecule is CCSC(N)OC(N)c1cc(OC)cc(OC)c1. The third kappa shape index (κ3) is 4.38. The van der Waals surface area contributed by atoms with Crippen LogP contribution in [0.25, 0.3) is 0 Å². The quantitative estimate of drug-likeness (QED) is 0.735. The molecule has 0 fully saturated rings. The molecule has 1 rings (SSSR count). The average molecular weight is 272 g/mol. The predicted octanol–water partition coefficient (Wildman–Crippen LogP) is 1.67. The summed E-state index contributed by atoms with van der Waals surface area (Å²) in [5, 5.41) is 0. The molecule has 0 aliphatic carbocycles. The van der Waals surface area contributed by atoms with E-state index in [1.807, 2.05) is 6.92 Å². The Kier molecular flexibility index (Phi) is 6.28. The summed E-state index contributed by atoms with van der Waals surface area (Å²) in [6.07, 6.45) is -0.608. The molecule has 0 amide bonds. The van der Waals surface area contributed by atoms with Crippen molar-refractivity contribution in [2.24, 2.45) is 11.5 Å². The van der Waals surface area contributed by atoms with Crippen molar-refractivity contribution in [2.75, 3.05) is 20.0 Å². The summed E-state index contributed by atoms with van der Waals surface area (Å²) in [5.74, 6) is 2.20. The van der Waals surface area contributed by atoms with Crippen molar-refractivity contribution in [3.8, 4) is 11.5 Å². The van der Waals surface area contributed by atoms with Gasteiger partial charge in [-0.25, -0.2) is 0 Å². The van der Waals surface area contributed by atoms with Gasteiger partial charge in [0.05, 0.1) is 14.2 Å². The summed E-state index contributed by atoms with van der Waals surface area (Å²) in [5.41, 5.74) is 12.0. The molecule has 0 saturated heterocycles. The number of ether oxygens (including phenoxy) is 3. The highest BCUT2D eigenvalue weighted by atomic mass is 32.2. The minimum atomic E-state index is -0.608. The maximum atomic E-state index is 5.95. The maximum absolute atomic E-state index is 5.95. The van der Waals surface area contributed by atoms with Crippen LogP contribution in [0.3, 0.4) is 0 Å². The molecule has 1 aromatic rings. The maximum Gasteiger partial charge on any atom is 0.156 e. The minimum Gasteiger partial charge on any atom is -0.497 e. The Morgan fingerprint density at radius 3 is 2.11 bits per heavy atom. The van der Waals surface area contributed by atoms with E-state index >= 15 is 0 Å². The molecule has 0 heterocycles. The van der Waals surface area contributed by atoms with Crippen molar-refractivity contribution in [3.05, 3.63) is 23.8 Å². The fourth-order valence-corrected chi connectivity index (χ4v) is 1.95. The summed E-state index contributed by atoms with van der Waals surface area (Å²) in [6.45, 7) is 2.01. The summed E-state index contributed by atoms with van der Waals surface area (Å²) in [4.78, 5) is 0. The number of benzene rings is 1. The van der Waals surface area contributed by atoms with E-state index in [0.717, 1.165) is 11.3 Å². The minimum absolute atomic E-state index is 0.442. The number of nitrogens with two attached hydrogens (primary N) is 2. The van der Waals surface area contributed by atoms with Crippen LogP contribution in [0.1, 0.15) is 18.7 Å². The van der Waals surface area contributed by atoms with Gasteiger partial charge in [0.1, 0.15) is 17.7 Å². The van der Waals surface area contributed by atoms with Crippen molar-refractivity contribution in [1.29, 1.82) is 0 Å². The van der Waals surface area contributed by atoms with Crippen molar-refractivity contribution in [1.82, 2.24) is 0 Å². The standard InChI is InChI=1S/C12H20N2O3S/c1-4-18-12(14)17-11(13)8-5-9(15-2)7-10(6-8)16-3/h5-7,11-12H,4,13-14H2,1-3H3. The van der Waals surface area contributed by atoms with Crippen molar-refractivity contribution in [3.63, 3.8) is 0 Å². The molecule has 0 bridgehead atoms. The zero-order chi connectivity index (χ0) is 13.5. The second kappa shape index (κ2) is 7.48. The molecule has 6 heteroatoms. The lowest BCUT2D eigenvalue weighted by molar-refractivity contribution is 0.0415. The van der Waals surface area contributed by atoms with Gasteiger partial charge in [0.15, 0.2) is 5.56 Å². The number of methoxy groups -OCH3 is 2. The van der Waals surface area contributed by atoms with Crippen LogP contribution >= 0.6 is 11.8 Å². The molecule has 102 valence electrons. The highest BCUT2D eigenvalue weighted by Gasteiger charge is 2.13. The van der Waals surface area contributed by atoms with E-state index in [1.54, 1.807) is 32.4 Å². The van der Waals surface area contributed by atoms with E-state index in [4.69, 9.17) is 25.7 Å². The molecular formula is C12H20N2O3S. The van der Waals surface area contributed by atoms with Crippen molar-refractivity contribution in [2.45, 2.75) is 18.7 Å². The van der Waals surface area contributed by atoms with Crippen molar-refractivity contribution >= 4 is 11.8 Å². The first-order chi connectivity index (χ1) is 8.60. The fraction of sp³-hybridized carbons (Fsp3) is 0.500. The van der Waals surface area contributed by atoms with E-state index in [1.165, 1.54) is 11.8 Å². The van der Waals surface area contributed by atoms with Crippen LogP contribution in [-0.2, 0) is 4.74 Å². The lowest BCUT2D eigenvalue weighted by Crippen LogP contribution is -2.27. The van der Waals surface area contributed by atoms with Gasteiger partial charge >= 0.3 is 0 Å². The van der Waals surface area contributed by atoms with Gasteiger partial charge < -0.3 is 19.9 Å². The fourth-order valence-electron chi connectivity index (χ4n) is 1.42.